The van der Waals surface area contributed by atoms with Crippen molar-refractivity contribution in [2.45, 2.75) is 32.7 Å². The van der Waals surface area contributed by atoms with E-state index in [4.69, 9.17) is 4.42 Å². The van der Waals surface area contributed by atoms with Crippen molar-refractivity contribution in [2.24, 2.45) is 5.92 Å². The van der Waals surface area contributed by atoms with Crippen LogP contribution < -0.4 is 5.32 Å². The summed E-state index contributed by atoms with van der Waals surface area (Å²) in [6.07, 6.45) is 3.55. The van der Waals surface area contributed by atoms with Crippen molar-refractivity contribution in [3.8, 4) is 10.4 Å². The molecule has 2 amide bonds. The quantitative estimate of drug-likeness (QED) is 0.413. The fourth-order valence-corrected chi connectivity index (χ4v) is 5.71. The zero-order valence-electron chi connectivity index (χ0n) is 19.3. The third-order valence-corrected chi connectivity index (χ3v) is 7.58. The highest BCUT2D eigenvalue weighted by atomic mass is 32.1. The van der Waals surface area contributed by atoms with Gasteiger partial charge in [0.1, 0.15) is 11.3 Å². The molecule has 34 heavy (non-hydrogen) atoms. The Hall–Kier alpha value is -3.45. The van der Waals surface area contributed by atoms with E-state index in [0.717, 1.165) is 33.7 Å². The number of thiazole rings is 1. The smallest absolute Gasteiger partial charge is 0.274 e. The number of carbonyl (C=O) groups is 2. The molecule has 1 unspecified atom stereocenters. The van der Waals surface area contributed by atoms with Crippen LogP contribution in [-0.2, 0) is 0 Å². The lowest BCUT2D eigenvalue weighted by molar-refractivity contribution is 0.0503. The number of aryl methyl sites for hydroxylation is 1. The number of carbonyl (C=O) groups excluding carboxylic acids is 2. The number of hydrogen-bond acceptors (Lipinski definition) is 5. The normalized spacial score (nSPS) is 18.2. The summed E-state index contributed by atoms with van der Waals surface area (Å²) in [4.78, 5) is 34.2. The van der Waals surface area contributed by atoms with Gasteiger partial charge in [-0.2, -0.15) is 0 Å². The molecule has 1 N–H and O–H groups in total. The van der Waals surface area contributed by atoms with Crippen LogP contribution in [-0.4, -0.2) is 40.8 Å². The van der Waals surface area contributed by atoms with E-state index in [-0.39, 0.29) is 23.8 Å². The van der Waals surface area contributed by atoms with Crippen LogP contribution in [0.2, 0.25) is 0 Å². The highest BCUT2D eigenvalue weighted by Crippen LogP contribution is 2.33. The minimum absolute atomic E-state index is 0.0639. The molecule has 1 fully saturated rings. The van der Waals surface area contributed by atoms with E-state index in [1.54, 1.807) is 29.7 Å². The highest BCUT2D eigenvalue weighted by Gasteiger charge is 2.35. The fraction of sp³-hybridized carbons (Fsp3) is 0.296. The summed E-state index contributed by atoms with van der Waals surface area (Å²) in [5, 5.41) is 4.73. The molecule has 0 aliphatic carbocycles. The second-order valence-electron chi connectivity index (χ2n) is 8.81. The monoisotopic (exact) mass is 473 g/mol. The third kappa shape index (κ3) is 4.23. The minimum atomic E-state index is -0.161. The first-order valence-corrected chi connectivity index (χ1v) is 12.4. The maximum absolute atomic E-state index is 13.8. The van der Waals surface area contributed by atoms with Gasteiger partial charge in [0.2, 0.25) is 0 Å². The molecule has 5 rings (SSSR count). The molecule has 1 saturated heterocycles. The number of fused-ring (bicyclic) bond motifs is 1. The van der Waals surface area contributed by atoms with Crippen molar-refractivity contribution in [3.63, 3.8) is 0 Å². The van der Waals surface area contributed by atoms with Crippen molar-refractivity contribution in [2.75, 3.05) is 13.1 Å². The number of piperidine rings is 1. The van der Waals surface area contributed by atoms with E-state index < -0.39 is 0 Å². The predicted octanol–water partition coefficient (Wildman–Crippen LogP) is 5.54. The number of furan rings is 1. The Kier molecular flexibility index (Phi) is 6.20. The molecule has 2 aromatic carbocycles. The molecule has 1 aliphatic heterocycles. The van der Waals surface area contributed by atoms with Crippen molar-refractivity contribution in [1.82, 2.24) is 15.2 Å². The number of nitrogens with zero attached hydrogens (tertiary/aromatic N) is 2. The molecule has 7 heteroatoms. The Morgan fingerprint density at radius 3 is 2.79 bits per heavy atom. The molecule has 0 spiro atoms. The molecule has 6 nitrogen and oxygen atoms in total. The number of rotatable bonds is 5. The number of likely N-dealkylation sites (tertiary alicyclic amines) is 1. The van der Waals surface area contributed by atoms with Crippen LogP contribution in [0, 0.1) is 12.8 Å². The largest absolute Gasteiger partial charge is 0.464 e. The summed E-state index contributed by atoms with van der Waals surface area (Å²) in [6, 6.07) is 17.1. The Morgan fingerprint density at radius 1 is 1.15 bits per heavy atom. The van der Waals surface area contributed by atoms with Gasteiger partial charge in [0.15, 0.2) is 0 Å². The van der Waals surface area contributed by atoms with E-state index in [9.17, 15) is 9.59 Å². The van der Waals surface area contributed by atoms with Crippen molar-refractivity contribution in [1.29, 1.82) is 0 Å². The molecule has 1 aliphatic rings. The maximum Gasteiger partial charge on any atom is 0.274 e. The van der Waals surface area contributed by atoms with Crippen LogP contribution in [0.5, 0.6) is 0 Å². The Labute approximate surface area is 202 Å². The molecular formula is C27H27N3O3S. The van der Waals surface area contributed by atoms with Crippen LogP contribution >= 0.6 is 11.3 Å². The molecule has 4 aromatic rings. The van der Waals surface area contributed by atoms with Gasteiger partial charge >= 0.3 is 0 Å². The third-order valence-electron chi connectivity index (χ3n) is 6.56. The van der Waals surface area contributed by atoms with Crippen LogP contribution in [0.1, 0.15) is 45.6 Å². The van der Waals surface area contributed by atoms with Gasteiger partial charge in [-0.1, -0.05) is 43.3 Å². The first kappa shape index (κ1) is 22.3. The molecule has 174 valence electrons. The number of aromatic nitrogens is 1. The summed E-state index contributed by atoms with van der Waals surface area (Å²) in [5.74, 6) is 0.0419. The van der Waals surface area contributed by atoms with Crippen LogP contribution in [0.3, 0.4) is 0 Å². The first-order chi connectivity index (χ1) is 16.5. The number of benzene rings is 2. The van der Waals surface area contributed by atoms with Crippen LogP contribution in [0.15, 0.2) is 65.3 Å². The molecule has 0 bridgehead atoms. The van der Waals surface area contributed by atoms with Gasteiger partial charge in [0.05, 0.1) is 27.8 Å². The molecule has 2 aromatic heterocycles. The standard InChI is InChI=1S/C27H27N3O3S/c1-17-8-7-14-30(27(32)24-25(34-18(2)29-24)19-9-4-3-5-10-19)22(17)16-28-26(31)21-11-6-12-23-20(21)13-15-33-23/h3-6,9-13,15,17,22H,7-8,14,16H2,1-2H3,(H,28,31)/t17-,22?/m1/s1. The SMILES string of the molecule is Cc1nc(C(=O)N2CCC[C@@H](C)C2CNC(=O)c2cccc3occc23)c(-c2ccccc2)s1. The van der Waals surface area contributed by atoms with Gasteiger partial charge in [-0.15, -0.1) is 11.3 Å². The lowest BCUT2D eigenvalue weighted by atomic mass is 9.90. The van der Waals surface area contributed by atoms with Crippen molar-refractivity contribution in [3.05, 3.63) is 77.1 Å². The number of hydrogen-bond donors (Lipinski definition) is 1. The van der Waals surface area contributed by atoms with E-state index in [2.05, 4.69) is 17.2 Å². The molecular weight excluding hydrogens is 446 g/mol. The number of nitrogens with one attached hydrogen (secondary N) is 1. The predicted molar refractivity (Wildman–Crippen MR) is 134 cm³/mol. The highest BCUT2D eigenvalue weighted by molar-refractivity contribution is 7.15. The molecule has 0 radical (unpaired) electrons. The summed E-state index contributed by atoms with van der Waals surface area (Å²) in [7, 11) is 0. The lowest BCUT2D eigenvalue weighted by Gasteiger charge is -2.40. The summed E-state index contributed by atoms with van der Waals surface area (Å²) >= 11 is 1.54. The van der Waals surface area contributed by atoms with Crippen LogP contribution in [0.4, 0.5) is 0 Å². The Balaban J connectivity index is 1.38. The van der Waals surface area contributed by atoms with Crippen LogP contribution in [0.25, 0.3) is 21.4 Å². The average molecular weight is 474 g/mol. The van der Waals surface area contributed by atoms with E-state index in [0.29, 0.717) is 29.9 Å². The van der Waals surface area contributed by atoms with Gasteiger partial charge in [0.25, 0.3) is 11.8 Å². The summed E-state index contributed by atoms with van der Waals surface area (Å²) < 4.78 is 5.43. The zero-order valence-corrected chi connectivity index (χ0v) is 20.1. The molecule has 3 heterocycles. The van der Waals surface area contributed by atoms with E-state index >= 15 is 0 Å². The van der Waals surface area contributed by atoms with Crippen molar-refractivity contribution >= 4 is 34.1 Å². The molecule has 0 saturated carbocycles. The maximum atomic E-state index is 13.8. The minimum Gasteiger partial charge on any atom is -0.464 e. The van der Waals surface area contributed by atoms with Gasteiger partial charge < -0.3 is 14.6 Å². The lowest BCUT2D eigenvalue weighted by Crippen LogP contribution is -2.53. The second-order valence-corrected chi connectivity index (χ2v) is 10.0. The van der Waals surface area contributed by atoms with Gasteiger partial charge in [-0.25, -0.2) is 4.98 Å². The summed E-state index contributed by atoms with van der Waals surface area (Å²) in [5.41, 5.74) is 2.76. The van der Waals surface area contributed by atoms with Crippen molar-refractivity contribution < 1.29 is 14.0 Å². The topological polar surface area (TPSA) is 75.4 Å². The van der Waals surface area contributed by atoms with E-state index in [1.807, 2.05) is 54.3 Å². The van der Waals surface area contributed by atoms with Gasteiger partial charge in [-0.3, -0.25) is 9.59 Å². The van der Waals surface area contributed by atoms with Gasteiger partial charge in [-0.05, 0) is 49.4 Å². The first-order valence-electron chi connectivity index (χ1n) is 11.6. The second kappa shape index (κ2) is 9.43. The Bertz CT molecular complexity index is 1330. The van der Waals surface area contributed by atoms with Gasteiger partial charge in [0, 0.05) is 18.5 Å². The average Bonchev–Trinajstić information content (AvgIpc) is 3.49. The van der Waals surface area contributed by atoms with E-state index in [1.165, 1.54) is 0 Å². The summed E-state index contributed by atoms with van der Waals surface area (Å²) in [6.45, 7) is 5.13. The number of amides is 2. The zero-order chi connectivity index (χ0) is 23.7. The fourth-order valence-electron chi connectivity index (χ4n) is 4.79. The Morgan fingerprint density at radius 2 is 1.97 bits per heavy atom. The molecule has 2 atom stereocenters.